The molecular formula is C21H23FN2OS3. The third-order valence-electron chi connectivity index (χ3n) is 6.37. The van der Waals surface area contributed by atoms with Crippen molar-refractivity contribution in [3.8, 4) is 11.3 Å². The molecule has 1 aromatic heterocycles. The predicted molar refractivity (Wildman–Crippen MR) is 117 cm³/mol. The minimum atomic E-state index is -0.258. The van der Waals surface area contributed by atoms with Gasteiger partial charge < -0.3 is 5.32 Å². The Morgan fingerprint density at radius 3 is 2.46 bits per heavy atom. The summed E-state index contributed by atoms with van der Waals surface area (Å²) in [5.41, 5.74) is 1.64. The fraction of sp³-hybridized carbons (Fsp3) is 0.524. The standard InChI is InChI=1S/C21H23FN2OS3/c22-17-6-4-13(5-7-17)18-12-26-20(23-18)24-19(25)14-10-15-2-1-3-16(11-14)21(15)27-8-9-28-21/h4-7,12,14-16H,1-3,8-11H2,(H,23,24,25). The second kappa shape index (κ2) is 7.65. The highest BCUT2D eigenvalue weighted by atomic mass is 32.2. The summed E-state index contributed by atoms with van der Waals surface area (Å²) >= 11 is 5.78. The molecule has 3 nitrogen and oxygen atoms in total. The number of carbonyl (C=O) groups is 1. The fourth-order valence-corrected chi connectivity index (χ4v) is 9.77. The summed E-state index contributed by atoms with van der Waals surface area (Å²) in [4.78, 5) is 17.5. The number of nitrogens with one attached hydrogen (secondary N) is 1. The molecule has 1 aliphatic heterocycles. The molecule has 148 valence electrons. The third kappa shape index (κ3) is 3.39. The molecule has 2 bridgehead atoms. The van der Waals surface area contributed by atoms with Crippen molar-refractivity contribution in [1.82, 2.24) is 4.98 Å². The average Bonchev–Trinajstić information content (AvgIpc) is 3.33. The first-order chi connectivity index (χ1) is 13.6. The zero-order chi connectivity index (χ0) is 19.1. The molecule has 2 heterocycles. The van der Waals surface area contributed by atoms with Gasteiger partial charge in [-0.1, -0.05) is 6.42 Å². The first kappa shape index (κ1) is 18.9. The normalized spacial score (nSPS) is 28.4. The van der Waals surface area contributed by atoms with Crippen LogP contribution in [0.2, 0.25) is 0 Å². The van der Waals surface area contributed by atoms with E-state index in [9.17, 15) is 9.18 Å². The number of nitrogens with zero attached hydrogens (tertiary/aromatic N) is 1. The Morgan fingerprint density at radius 1 is 1.11 bits per heavy atom. The number of amides is 1. The Hall–Kier alpha value is -1.05. The van der Waals surface area contributed by atoms with E-state index in [1.54, 1.807) is 12.1 Å². The molecule has 2 atom stereocenters. The number of hydrogen-bond acceptors (Lipinski definition) is 5. The van der Waals surface area contributed by atoms with Crippen molar-refractivity contribution < 1.29 is 9.18 Å². The summed E-state index contributed by atoms with van der Waals surface area (Å²) in [7, 11) is 0. The lowest BCUT2D eigenvalue weighted by molar-refractivity contribution is -0.122. The zero-order valence-corrected chi connectivity index (χ0v) is 18.0. The lowest BCUT2D eigenvalue weighted by Gasteiger charge is -2.51. The predicted octanol–water partition coefficient (Wildman–Crippen LogP) is 5.89. The number of hydrogen-bond donors (Lipinski definition) is 1. The molecule has 5 rings (SSSR count). The quantitative estimate of drug-likeness (QED) is 0.654. The van der Waals surface area contributed by atoms with Gasteiger partial charge in [0.15, 0.2) is 5.13 Å². The van der Waals surface area contributed by atoms with Gasteiger partial charge in [-0.05, 0) is 61.8 Å². The van der Waals surface area contributed by atoms with Crippen molar-refractivity contribution in [1.29, 1.82) is 0 Å². The van der Waals surface area contributed by atoms with E-state index in [-0.39, 0.29) is 17.6 Å². The van der Waals surface area contributed by atoms with E-state index >= 15 is 0 Å². The molecule has 1 N–H and O–H groups in total. The van der Waals surface area contributed by atoms with E-state index in [0.29, 0.717) is 21.0 Å². The lowest BCUT2D eigenvalue weighted by atomic mass is 9.67. The van der Waals surface area contributed by atoms with E-state index in [2.05, 4.69) is 33.8 Å². The monoisotopic (exact) mass is 434 g/mol. The van der Waals surface area contributed by atoms with Crippen molar-refractivity contribution in [2.24, 2.45) is 17.8 Å². The number of rotatable bonds is 3. The second-order valence-electron chi connectivity index (χ2n) is 7.95. The molecule has 1 aromatic carbocycles. The summed E-state index contributed by atoms with van der Waals surface area (Å²) in [6.45, 7) is 0. The van der Waals surface area contributed by atoms with Crippen molar-refractivity contribution in [2.45, 2.75) is 36.2 Å². The molecule has 2 aliphatic carbocycles. The molecule has 3 aliphatic rings. The first-order valence-corrected chi connectivity index (χ1v) is 12.8. The smallest absolute Gasteiger partial charge is 0.229 e. The van der Waals surface area contributed by atoms with Gasteiger partial charge in [-0.2, -0.15) is 0 Å². The highest BCUT2D eigenvalue weighted by molar-refractivity contribution is 8.21. The highest BCUT2D eigenvalue weighted by Gasteiger charge is 2.55. The van der Waals surface area contributed by atoms with Gasteiger partial charge in [0.1, 0.15) is 5.82 Å². The van der Waals surface area contributed by atoms with Crippen LogP contribution in [0.1, 0.15) is 32.1 Å². The molecule has 0 radical (unpaired) electrons. The number of thioether (sulfide) groups is 2. The van der Waals surface area contributed by atoms with Crippen LogP contribution in [0.25, 0.3) is 11.3 Å². The largest absolute Gasteiger partial charge is 0.302 e. The second-order valence-corrected chi connectivity index (χ2v) is 11.8. The maximum absolute atomic E-state index is 13.1. The van der Waals surface area contributed by atoms with Gasteiger partial charge in [-0.3, -0.25) is 4.79 Å². The third-order valence-corrected chi connectivity index (χ3v) is 11.1. The highest BCUT2D eigenvalue weighted by Crippen LogP contribution is 2.64. The first-order valence-electron chi connectivity index (χ1n) is 9.94. The maximum Gasteiger partial charge on any atom is 0.229 e. The van der Waals surface area contributed by atoms with Crippen molar-refractivity contribution in [3.05, 3.63) is 35.5 Å². The molecular weight excluding hydrogens is 411 g/mol. The van der Waals surface area contributed by atoms with Gasteiger partial charge in [0.05, 0.1) is 9.77 Å². The summed E-state index contributed by atoms with van der Waals surface area (Å²) in [5.74, 6) is 3.82. The number of anilines is 1. The zero-order valence-electron chi connectivity index (χ0n) is 15.5. The fourth-order valence-electron chi connectivity index (χ4n) is 5.12. The van der Waals surface area contributed by atoms with Gasteiger partial charge in [0.25, 0.3) is 0 Å². The number of thiazole rings is 1. The Labute approximate surface area is 177 Å². The minimum Gasteiger partial charge on any atom is -0.302 e. The summed E-state index contributed by atoms with van der Waals surface area (Å²) in [6, 6.07) is 6.30. The van der Waals surface area contributed by atoms with Gasteiger partial charge in [0.2, 0.25) is 5.91 Å². The van der Waals surface area contributed by atoms with Crippen LogP contribution in [0, 0.1) is 23.6 Å². The van der Waals surface area contributed by atoms with E-state index in [4.69, 9.17) is 0 Å². The Bertz CT molecular complexity index is 847. The van der Waals surface area contributed by atoms with E-state index in [1.807, 2.05) is 5.38 Å². The van der Waals surface area contributed by atoms with Crippen LogP contribution in [0.15, 0.2) is 29.6 Å². The summed E-state index contributed by atoms with van der Waals surface area (Å²) in [6.07, 6.45) is 5.88. The van der Waals surface area contributed by atoms with E-state index < -0.39 is 0 Å². The molecule has 2 unspecified atom stereocenters. The van der Waals surface area contributed by atoms with Gasteiger partial charge in [0, 0.05) is 28.4 Å². The van der Waals surface area contributed by atoms with Crippen LogP contribution in [-0.4, -0.2) is 26.5 Å². The SMILES string of the molecule is O=C(Nc1nc(-c2ccc(F)cc2)cs1)C1CC2CCCC(C1)C21SCCS1. The molecule has 1 spiro atoms. The Kier molecular flexibility index (Phi) is 5.18. The minimum absolute atomic E-state index is 0.0981. The Balaban J connectivity index is 1.27. The van der Waals surface area contributed by atoms with Gasteiger partial charge >= 0.3 is 0 Å². The van der Waals surface area contributed by atoms with Crippen LogP contribution < -0.4 is 5.32 Å². The summed E-state index contributed by atoms with van der Waals surface area (Å²) < 4.78 is 13.5. The van der Waals surface area contributed by atoms with Crippen LogP contribution >= 0.6 is 34.9 Å². The van der Waals surface area contributed by atoms with Crippen LogP contribution in [0.4, 0.5) is 9.52 Å². The molecule has 7 heteroatoms. The van der Waals surface area contributed by atoms with Crippen molar-refractivity contribution >= 4 is 45.9 Å². The van der Waals surface area contributed by atoms with Crippen LogP contribution in [0.5, 0.6) is 0 Å². The van der Waals surface area contributed by atoms with Crippen molar-refractivity contribution in [3.63, 3.8) is 0 Å². The Morgan fingerprint density at radius 2 is 1.79 bits per heavy atom. The number of carbonyl (C=O) groups excluding carboxylic acids is 1. The average molecular weight is 435 g/mol. The number of benzene rings is 1. The molecule has 1 saturated heterocycles. The summed E-state index contributed by atoms with van der Waals surface area (Å²) in [5, 5.41) is 5.62. The molecule has 1 amide bonds. The van der Waals surface area contributed by atoms with Gasteiger partial charge in [-0.15, -0.1) is 34.9 Å². The molecule has 2 aromatic rings. The van der Waals surface area contributed by atoms with Crippen LogP contribution in [0.3, 0.4) is 0 Å². The van der Waals surface area contributed by atoms with Crippen LogP contribution in [-0.2, 0) is 4.79 Å². The molecule has 2 saturated carbocycles. The van der Waals surface area contributed by atoms with E-state index in [0.717, 1.165) is 24.1 Å². The van der Waals surface area contributed by atoms with Crippen molar-refractivity contribution in [2.75, 3.05) is 16.8 Å². The maximum atomic E-state index is 13.1. The molecule has 28 heavy (non-hydrogen) atoms. The van der Waals surface area contributed by atoms with E-state index in [1.165, 1.54) is 54.2 Å². The topological polar surface area (TPSA) is 42.0 Å². The lowest BCUT2D eigenvalue weighted by Crippen LogP contribution is -2.48. The van der Waals surface area contributed by atoms with Gasteiger partial charge in [-0.25, -0.2) is 9.37 Å². The molecule has 3 fully saturated rings. The number of halogens is 1. The number of aromatic nitrogens is 1.